The molecule has 1 aliphatic rings. The molecule has 1 atom stereocenters. The molecule has 138 valence electrons. The zero-order chi connectivity index (χ0) is 18.6. The molecule has 3 aromatic rings. The molecule has 0 bridgehead atoms. The zero-order valence-corrected chi connectivity index (χ0v) is 15.5. The summed E-state index contributed by atoms with van der Waals surface area (Å²) < 4.78 is 19.0. The fourth-order valence-corrected chi connectivity index (χ4v) is 3.96. The lowest BCUT2D eigenvalue weighted by atomic mass is 10.1. The summed E-state index contributed by atoms with van der Waals surface area (Å²) in [4.78, 5) is 19.4. The maximum absolute atomic E-state index is 13.2. The quantitative estimate of drug-likeness (QED) is 0.638. The molecule has 0 radical (unpaired) electrons. The number of nitrogens with zero attached hydrogens (tertiary/aromatic N) is 2. The van der Waals surface area contributed by atoms with Crippen LogP contribution < -0.4 is 4.90 Å². The van der Waals surface area contributed by atoms with E-state index in [-0.39, 0.29) is 17.8 Å². The highest BCUT2D eigenvalue weighted by Gasteiger charge is 2.27. The Morgan fingerprint density at radius 2 is 1.96 bits per heavy atom. The topological polar surface area (TPSA) is 42.4 Å². The van der Waals surface area contributed by atoms with Crippen LogP contribution >= 0.6 is 11.3 Å². The van der Waals surface area contributed by atoms with E-state index in [1.807, 2.05) is 35.7 Å². The van der Waals surface area contributed by atoms with Gasteiger partial charge in [-0.3, -0.25) is 9.69 Å². The monoisotopic (exact) mass is 382 g/mol. The average Bonchev–Trinajstić information content (AvgIpc) is 3.39. The minimum atomic E-state index is -0.363. The Balaban J connectivity index is 1.64. The number of anilines is 1. The van der Waals surface area contributed by atoms with Crippen LogP contribution in [0.15, 0.2) is 60.0 Å². The van der Waals surface area contributed by atoms with E-state index in [1.54, 1.807) is 4.90 Å². The Labute approximate surface area is 161 Å². The Morgan fingerprint density at radius 1 is 1.19 bits per heavy atom. The maximum atomic E-state index is 13.2. The van der Waals surface area contributed by atoms with Gasteiger partial charge in [-0.1, -0.05) is 30.3 Å². The van der Waals surface area contributed by atoms with Crippen LogP contribution in [-0.2, 0) is 4.74 Å². The lowest BCUT2D eigenvalue weighted by Gasteiger charge is -2.23. The molecule has 27 heavy (non-hydrogen) atoms. The summed E-state index contributed by atoms with van der Waals surface area (Å²) in [5.41, 5.74) is 2.28. The van der Waals surface area contributed by atoms with Crippen molar-refractivity contribution in [1.82, 2.24) is 4.98 Å². The number of rotatable bonds is 5. The lowest BCUT2D eigenvalue weighted by Crippen LogP contribution is -2.37. The molecule has 1 aliphatic heterocycles. The first kappa shape index (κ1) is 17.8. The molecule has 0 saturated carbocycles. The van der Waals surface area contributed by atoms with Gasteiger partial charge in [0.05, 0.1) is 18.3 Å². The van der Waals surface area contributed by atoms with Crippen molar-refractivity contribution in [3.05, 3.63) is 71.4 Å². The van der Waals surface area contributed by atoms with Crippen molar-refractivity contribution in [2.75, 3.05) is 18.1 Å². The maximum Gasteiger partial charge on any atom is 0.260 e. The summed E-state index contributed by atoms with van der Waals surface area (Å²) in [7, 11) is 0. The minimum Gasteiger partial charge on any atom is -0.376 e. The largest absolute Gasteiger partial charge is 0.376 e. The Kier molecular flexibility index (Phi) is 5.27. The second-order valence-electron chi connectivity index (χ2n) is 6.44. The molecule has 0 unspecified atom stereocenters. The standard InChI is InChI=1S/C21H19FN2O2S/c22-17-10-8-16(9-11-17)20(25)24(13-18-7-4-12-26-18)21-23-19(14-27-21)15-5-2-1-3-6-15/h1-3,5-6,8-11,14,18H,4,7,12-13H2/t18-/m1/s1. The molecule has 6 heteroatoms. The predicted octanol–water partition coefficient (Wildman–Crippen LogP) is 4.78. The van der Waals surface area contributed by atoms with Gasteiger partial charge in [0, 0.05) is 23.1 Å². The van der Waals surface area contributed by atoms with E-state index >= 15 is 0 Å². The van der Waals surface area contributed by atoms with Crippen molar-refractivity contribution in [3.63, 3.8) is 0 Å². The molecular weight excluding hydrogens is 363 g/mol. The van der Waals surface area contributed by atoms with Crippen LogP contribution in [0.1, 0.15) is 23.2 Å². The first-order valence-corrected chi connectivity index (χ1v) is 9.78. The van der Waals surface area contributed by atoms with Crippen LogP contribution in [0.3, 0.4) is 0 Å². The first-order valence-electron chi connectivity index (χ1n) is 8.91. The van der Waals surface area contributed by atoms with E-state index in [4.69, 9.17) is 4.74 Å². The van der Waals surface area contributed by atoms with Crippen molar-refractivity contribution in [2.45, 2.75) is 18.9 Å². The van der Waals surface area contributed by atoms with Crippen molar-refractivity contribution in [1.29, 1.82) is 0 Å². The van der Waals surface area contributed by atoms with Gasteiger partial charge in [-0.25, -0.2) is 9.37 Å². The third-order valence-corrected chi connectivity index (χ3v) is 5.40. The lowest BCUT2D eigenvalue weighted by molar-refractivity contribution is 0.0917. The van der Waals surface area contributed by atoms with Gasteiger partial charge in [0.1, 0.15) is 5.82 Å². The molecule has 0 aliphatic carbocycles. The minimum absolute atomic E-state index is 0.00141. The summed E-state index contributed by atoms with van der Waals surface area (Å²) >= 11 is 1.43. The van der Waals surface area contributed by atoms with Crippen molar-refractivity contribution in [2.24, 2.45) is 0 Å². The third-order valence-electron chi connectivity index (χ3n) is 4.54. The predicted molar refractivity (Wildman–Crippen MR) is 105 cm³/mol. The molecule has 2 heterocycles. The number of benzene rings is 2. The van der Waals surface area contributed by atoms with Crippen LogP contribution in [-0.4, -0.2) is 30.1 Å². The molecule has 0 spiro atoms. The third kappa shape index (κ3) is 4.07. The van der Waals surface area contributed by atoms with Crippen molar-refractivity contribution in [3.8, 4) is 11.3 Å². The van der Waals surface area contributed by atoms with Crippen LogP contribution in [0.5, 0.6) is 0 Å². The molecule has 4 nitrogen and oxygen atoms in total. The number of carbonyl (C=O) groups is 1. The molecule has 1 fully saturated rings. The van der Waals surface area contributed by atoms with Gasteiger partial charge < -0.3 is 4.74 Å². The summed E-state index contributed by atoms with van der Waals surface area (Å²) in [5.74, 6) is -0.558. The summed E-state index contributed by atoms with van der Waals surface area (Å²) in [5, 5.41) is 2.57. The SMILES string of the molecule is O=C(c1ccc(F)cc1)N(C[C@H]1CCCO1)c1nc(-c2ccccc2)cs1. The smallest absolute Gasteiger partial charge is 0.260 e. The molecule has 1 aromatic heterocycles. The molecule has 0 N–H and O–H groups in total. The number of ether oxygens (including phenoxy) is 1. The second-order valence-corrected chi connectivity index (χ2v) is 7.28. The van der Waals surface area contributed by atoms with Gasteiger partial charge in [-0.15, -0.1) is 11.3 Å². The van der Waals surface area contributed by atoms with E-state index in [1.165, 1.54) is 35.6 Å². The fourth-order valence-electron chi connectivity index (χ4n) is 3.12. The molecule has 1 amide bonds. The number of aromatic nitrogens is 1. The van der Waals surface area contributed by atoms with Crippen LogP contribution in [0.2, 0.25) is 0 Å². The number of carbonyl (C=O) groups excluding carboxylic acids is 1. The summed E-state index contributed by atoms with van der Waals surface area (Å²) in [6.07, 6.45) is 1.92. The number of hydrogen-bond donors (Lipinski definition) is 0. The van der Waals surface area contributed by atoms with Gasteiger partial charge >= 0.3 is 0 Å². The number of amides is 1. The van der Waals surface area contributed by atoms with Gasteiger partial charge in [0.15, 0.2) is 5.13 Å². The number of hydrogen-bond acceptors (Lipinski definition) is 4. The molecule has 4 rings (SSSR count). The summed E-state index contributed by atoms with van der Waals surface area (Å²) in [6.45, 7) is 1.16. The van der Waals surface area contributed by atoms with Gasteiger partial charge in [-0.2, -0.15) is 0 Å². The van der Waals surface area contributed by atoms with Gasteiger partial charge in [0.2, 0.25) is 0 Å². The Hall–Kier alpha value is -2.57. The molecular formula is C21H19FN2O2S. The van der Waals surface area contributed by atoms with E-state index in [0.717, 1.165) is 30.7 Å². The van der Waals surface area contributed by atoms with Crippen LogP contribution in [0.25, 0.3) is 11.3 Å². The van der Waals surface area contributed by atoms with Crippen molar-refractivity contribution >= 4 is 22.4 Å². The second kappa shape index (κ2) is 7.98. The van der Waals surface area contributed by atoms with E-state index < -0.39 is 0 Å². The number of thiazole rings is 1. The average molecular weight is 382 g/mol. The van der Waals surface area contributed by atoms with Crippen molar-refractivity contribution < 1.29 is 13.9 Å². The highest BCUT2D eigenvalue weighted by molar-refractivity contribution is 7.14. The highest BCUT2D eigenvalue weighted by Crippen LogP contribution is 2.29. The van der Waals surface area contributed by atoms with E-state index in [0.29, 0.717) is 17.2 Å². The van der Waals surface area contributed by atoms with E-state index in [2.05, 4.69) is 4.98 Å². The van der Waals surface area contributed by atoms with Gasteiger partial charge in [-0.05, 0) is 37.1 Å². The normalized spacial score (nSPS) is 16.4. The summed E-state index contributed by atoms with van der Waals surface area (Å²) in [6, 6.07) is 15.5. The highest BCUT2D eigenvalue weighted by atomic mass is 32.1. The first-order chi connectivity index (χ1) is 13.2. The van der Waals surface area contributed by atoms with E-state index in [9.17, 15) is 9.18 Å². The molecule has 2 aromatic carbocycles. The number of halogens is 1. The Morgan fingerprint density at radius 3 is 2.67 bits per heavy atom. The fraction of sp³-hybridized carbons (Fsp3) is 0.238. The molecule has 1 saturated heterocycles. The Bertz CT molecular complexity index is 905. The zero-order valence-electron chi connectivity index (χ0n) is 14.7. The van der Waals surface area contributed by atoms with Crippen LogP contribution in [0.4, 0.5) is 9.52 Å². The van der Waals surface area contributed by atoms with Crippen LogP contribution in [0, 0.1) is 5.82 Å². The van der Waals surface area contributed by atoms with Gasteiger partial charge in [0.25, 0.3) is 5.91 Å².